The Kier molecular flexibility index (Phi) is 22.1. The van der Waals surface area contributed by atoms with Crippen molar-refractivity contribution in [2.24, 2.45) is 11.8 Å². The quantitative estimate of drug-likeness (QED) is 0.0842. The van der Waals surface area contributed by atoms with E-state index in [2.05, 4.69) is 19.0 Å². The van der Waals surface area contributed by atoms with Gasteiger partial charge >= 0.3 is 5.97 Å². The highest BCUT2D eigenvalue weighted by molar-refractivity contribution is 5.68. The van der Waals surface area contributed by atoms with Crippen LogP contribution < -0.4 is 0 Å². The number of ether oxygens (including phenoxy) is 1. The summed E-state index contributed by atoms with van der Waals surface area (Å²) in [4.78, 5) is 13.4. The Bertz CT molecular complexity index is 464. The number of nitrogens with zero attached hydrogens (tertiary/aromatic N) is 1. The lowest BCUT2D eigenvalue weighted by molar-refractivity contribution is -0.140. The fraction of sp³-hybridized carbons (Fsp3) is 0.969. The maximum Gasteiger partial charge on any atom is 0.305 e. The van der Waals surface area contributed by atoms with Crippen LogP contribution in [0.25, 0.3) is 0 Å². The molecular formula is C32H63NO2. The molecule has 208 valence electrons. The summed E-state index contributed by atoms with van der Waals surface area (Å²) in [5.74, 6) is 1.99. The first-order chi connectivity index (χ1) is 17.1. The summed E-state index contributed by atoms with van der Waals surface area (Å²) in [5.41, 5.74) is 0. The van der Waals surface area contributed by atoms with Gasteiger partial charge in [-0.2, -0.15) is 0 Å². The molecule has 1 rings (SSSR count). The summed E-state index contributed by atoms with van der Waals surface area (Å²) in [5, 5.41) is 0. The molecule has 2 atom stereocenters. The molecule has 1 aliphatic rings. The first-order valence-electron chi connectivity index (χ1n) is 15.8. The number of hydrogen-bond acceptors (Lipinski definition) is 3. The summed E-state index contributed by atoms with van der Waals surface area (Å²) in [6.07, 6.45) is 34.6. The highest BCUT2D eigenvalue weighted by atomic mass is 16.5. The van der Waals surface area contributed by atoms with Gasteiger partial charge < -0.3 is 9.64 Å². The van der Waals surface area contributed by atoms with Gasteiger partial charge in [0, 0.05) is 6.42 Å². The van der Waals surface area contributed by atoms with Crippen molar-refractivity contribution in [2.45, 2.75) is 161 Å². The molecule has 1 fully saturated rings. The average molecular weight is 494 g/mol. The fourth-order valence-electron chi connectivity index (χ4n) is 5.64. The van der Waals surface area contributed by atoms with Gasteiger partial charge in [0.1, 0.15) is 0 Å². The van der Waals surface area contributed by atoms with Crippen molar-refractivity contribution in [3.05, 3.63) is 0 Å². The predicted molar refractivity (Wildman–Crippen MR) is 153 cm³/mol. The van der Waals surface area contributed by atoms with E-state index in [4.69, 9.17) is 4.74 Å². The molecule has 0 amide bonds. The normalized spacial score (nSPS) is 17.3. The van der Waals surface area contributed by atoms with Crippen LogP contribution >= 0.6 is 0 Å². The molecule has 0 heterocycles. The molecule has 0 N–H and O–H groups in total. The Balaban J connectivity index is 1.67. The number of carbonyl (C=O) groups is 1. The van der Waals surface area contributed by atoms with E-state index in [1.165, 1.54) is 161 Å². The summed E-state index contributed by atoms with van der Waals surface area (Å²) in [6, 6.07) is 0. The van der Waals surface area contributed by atoms with Crippen molar-refractivity contribution >= 4 is 5.97 Å². The molecule has 0 aromatic heterocycles. The van der Waals surface area contributed by atoms with Gasteiger partial charge in [0.25, 0.3) is 0 Å². The van der Waals surface area contributed by atoms with Crippen LogP contribution in [0.3, 0.4) is 0 Å². The van der Waals surface area contributed by atoms with Crippen LogP contribution in [0.5, 0.6) is 0 Å². The smallest absolute Gasteiger partial charge is 0.305 e. The molecule has 1 saturated carbocycles. The third kappa shape index (κ3) is 22.4. The van der Waals surface area contributed by atoms with E-state index in [0.717, 1.165) is 18.3 Å². The molecule has 0 saturated heterocycles. The number of carbonyl (C=O) groups excluding carboxylic acids is 1. The first-order valence-corrected chi connectivity index (χ1v) is 15.8. The van der Waals surface area contributed by atoms with Gasteiger partial charge in [0.2, 0.25) is 0 Å². The summed E-state index contributed by atoms with van der Waals surface area (Å²) in [6.45, 7) is 1.25. The zero-order valence-corrected chi connectivity index (χ0v) is 24.3. The molecule has 3 nitrogen and oxygen atoms in total. The van der Waals surface area contributed by atoms with Crippen LogP contribution in [0.15, 0.2) is 0 Å². The Labute approximate surface area is 220 Å². The van der Waals surface area contributed by atoms with Crippen LogP contribution in [0.1, 0.15) is 161 Å². The van der Waals surface area contributed by atoms with Crippen molar-refractivity contribution < 1.29 is 9.53 Å². The summed E-state index contributed by atoms with van der Waals surface area (Å²) in [7, 11) is 5.83. The number of hydrogen-bond donors (Lipinski definition) is 0. The van der Waals surface area contributed by atoms with E-state index in [1.54, 1.807) is 0 Å². The lowest BCUT2D eigenvalue weighted by atomic mass is 10.0. The Hall–Kier alpha value is -0.570. The van der Waals surface area contributed by atoms with E-state index in [0.29, 0.717) is 6.42 Å². The summed E-state index contributed by atoms with van der Waals surface area (Å²) >= 11 is 0. The van der Waals surface area contributed by atoms with E-state index in [1.807, 2.05) is 0 Å². The van der Waals surface area contributed by atoms with Crippen LogP contribution in [-0.2, 0) is 9.53 Å². The topological polar surface area (TPSA) is 29.5 Å². The molecule has 0 bridgehead atoms. The van der Waals surface area contributed by atoms with Gasteiger partial charge in [-0.3, -0.25) is 4.79 Å². The molecule has 2 unspecified atom stereocenters. The fourth-order valence-corrected chi connectivity index (χ4v) is 5.64. The Morgan fingerprint density at radius 3 is 1.29 bits per heavy atom. The maximum absolute atomic E-state index is 11.1. The van der Waals surface area contributed by atoms with Crippen LogP contribution in [0.4, 0.5) is 0 Å². The predicted octanol–water partition coefficient (Wildman–Crippen LogP) is 9.72. The van der Waals surface area contributed by atoms with Crippen molar-refractivity contribution in [2.75, 3.05) is 27.7 Å². The van der Waals surface area contributed by atoms with Gasteiger partial charge in [-0.05, 0) is 51.7 Å². The van der Waals surface area contributed by atoms with E-state index in [9.17, 15) is 4.79 Å². The summed E-state index contributed by atoms with van der Waals surface area (Å²) < 4.78 is 4.70. The second-order valence-corrected chi connectivity index (χ2v) is 11.9. The molecule has 35 heavy (non-hydrogen) atoms. The van der Waals surface area contributed by atoms with Crippen molar-refractivity contribution in [1.82, 2.24) is 4.90 Å². The lowest BCUT2D eigenvalue weighted by Gasteiger charge is -2.08. The molecule has 0 aliphatic heterocycles. The average Bonchev–Trinajstić information content (AvgIpc) is 3.60. The number of rotatable bonds is 27. The van der Waals surface area contributed by atoms with Crippen molar-refractivity contribution in [3.8, 4) is 0 Å². The van der Waals surface area contributed by atoms with E-state index in [-0.39, 0.29) is 5.97 Å². The third-order valence-electron chi connectivity index (χ3n) is 8.18. The number of unbranched alkanes of at least 4 members (excludes halogenated alkanes) is 19. The van der Waals surface area contributed by atoms with Gasteiger partial charge in [-0.15, -0.1) is 0 Å². The number of methoxy groups -OCH3 is 1. The van der Waals surface area contributed by atoms with Gasteiger partial charge in [-0.1, -0.05) is 135 Å². The Morgan fingerprint density at radius 2 is 0.914 bits per heavy atom. The standard InChI is InChI=1S/C32H63NO2/c1-33(2)28-24-19-17-15-13-11-9-7-5-4-6-8-10-12-14-16-18-21-25-30-29-31(30)26-22-20-23-27-32(34)35-3/h30-31H,4-29H2,1-3H3. The minimum absolute atomic E-state index is 0.0529. The molecule has 3 heteroatoms. The zero-order chi connectivity index (χ0) is 25.4. The second kappa shape index (κ2) is 23.8. The number of esters is 1. The van der Waals surface area contributed by atoms with Crippen LogP contribution in [-0.4, -0.2) is 38.6 Å². The molecule has 0 spiro atoms. The molecule has 0 aromatic carbocycles. The van der Waals surface area contributed by atoms with Crippen molar-refractivity contribution in [3.63, 3.8) is 0 Å². The molecule has 1 aliphatic carbocycles. The molecular weight excluding hydrogens is 430 g/mol. The van der Waals surface area contributed by atoms with Crippen molar-refractivity contribution in [1.29, 1.82) is 0 Å². The van der Waals surface area contributed by atoms with E-state index < -0.39 is 0 Å². The molecule has 0 aromatic rings. The van der Waals surface area contributed by atoms with Gasteiger partial charge in [0.05, 0.1) is 7.11 Å². The highest BCUT2D eigenvalue weighted by Gasteiger charge is 2.35. The minimum Gasteiger partial charge on any atom is -0.469 e. The third-order valence-corrected chi connectivity index (χ3v) is 8.18. The van der Waals surface area contributed by atoms with Gasteiger partial charge in [0.15, 0.2) is 0 Å². The first kappa shape index (κ1) is 32.5. The van der Waals surface area contributed by atoms with E-state index >= 15 is 0 Å². The zero-order valence-electron chi connectivity index (χ0n) is 24.3. The lowest BCUT2D eigenvalue weighted by Crippen LogP contribution is -2.12. The van der Waals surface area contributed by atoms with Crippen LogP contribution in [0.2, 0.25) is 0 Å². The SMILES string of the molecule is COC(=O)CCCCCC1CC1CCCCCCCCCCCCCCCCCCCCN(C)C. The van der Waals surface area contributed by atoms with Crippen LogP contribution in [0, 0.1) is 11.8 Å². The molecule has 0 radical (unpaired) electrons. The minimum atomic E-state index is -0.0529. The highest BCUT2D eigenvalue weighted by Crippen LogP contribution is 2.45. The second-order valence-electron chi connectivity index (χ2n) is 11.9. The maximum atomic E-state index is 11.1. The monoisotopic (exact) mass is 493 g/mol. The Morgan fingerprint density at radius 1 is 0.571 bits per heavy atom. The van der Waals surface area contributed by atoms with Gasteiger partial charge in [-0.25, -0.2) is 0 Å². The largest absolute Gasteiger partial charge is 0.469 e.